The maximum Gasteiger partial charge on any atom is 0.161 e. The Kier molecular flexibility index (Phi) is 7.14. The molecular formula is C51H32N4. The molecule has 4 nitrogen and oxygen atoms in total. The summed E-state index contributed by atoms with van der Waals surface area (Å²) < 4.78 is 2.34. The van der Waals surface area contributed by atoms with Crippen LogP contribution in [0.5, 0.6) is 0 Å². The van der Waals surface area contributed by atoms with E-state index >= 15 is 0 Å². The molecule has 0 aliphatic heterocycles. The zero-order valence-electron chi connectivity index (χ0n) is 29.8. The van der Waals surface area contributed by atoms with Crippen LogP contribution in [0.4, 0.5) is 0 Å². The molecule has 0 aliphatic rings. The Balaban J connectivity index is 1.16. The molecule has 0 N–H and O–H groups in total. The Bertz CT molecular complexity index is 3180. The number of hydrogen-bond acceptors (Lipinski definition) is 3. The predicted molar refractivity (Wildman–Crippen MR) is 228 cm³/mol. The Labute approximate surface area is 317 Å². The molecule has 0 aliphatic carbocycles. The fourth-order valence-corrected chi connectivity index (χ4v) is 8.35. The van der Waals surface area contributed by atoms with Gasteiger partial charge in [0.15, 0.2) is 5.82 Å². The lowest BCUT2D eigenvalue weighted by Crippen LogP contribution is -2.01. The fourth-order valence-electron chi connectivity index (χ4n) is 8.35. The average Bonchev–Trinajstić information content (AvgIpc) is 3.61. The van der Waals surface area contributed by atoms with E-state index in [1.165, 1.54) is 21.7 Å². The Morgan fingerprint density at radius 1 is 0.364 bits per heavy atom. The standard InChI is InChI=1S/C51H32N4/c1-3-15-35(16-4-1)49-48(34-29-27-33(28-30-34)47-41-23-11-13-25-44(41)55-45-26-14-12-24-43(45)52-32-46(47)55)50(36-17-5-2-6-18-36)54-51(53-49)42-31-37-19-7-8-20-38(37)39-21-9-10-22-40(39)42/h1-32H. The SMILES string of the molecule is c1ccc(-c2nc(-c3cc4ccccc4c4ccccc34)nc(-c3ccccc3)c2-c2ccc(-c3c4ccccc4n4c3cnc3ccccc34)cc2)cc1. The van der Waals surface area contributed by atoms with Crippen molar-refractivity contribution < 1.29 is 0 Å². The zero-order chi connectivity index (χ0) is 36.3. The first-order valence-electron chi connectivity index (χ1n) is 18.6. The van der Waals surface area contributed by atoms with Crippen LogP contribution in [0.1, 0.15) is 0 Å². The summed E-state index contributed by atoms with van der Waals surface area (Å²) in [7, 11) is 0. The van der Waals surface area contributed by atoms with Crippen molar-refractivity contribution in [2.75, 3.05) is 0 Å². The number of nitrogens with zero attached hydrogens (tertiary/aromatic N) is 4. The van der Waals surface area contributed by atoms with Gasteiger partial charge in [0.25, 0.3) is 0 Å². The van der Waals surface area contributed by atoms with Gasteiger partial charge in [-0.3, -0.25) is 4.98 Å². The highest BCUT2D eigenvalue weighted by Gasteiger charge is 2.22. The molecular weight excluding hydrogens is 669 g/mol. The molecule has 3 aromatic heterocycles. The molecule has 3 heterocycles. The van der Waals surface area contributed by atoms with Gasteiger partial charge in [-0.05, 0) is 56.9 Å². The third-order valence-corrected chi connectivity index (χ3v) is 10.8. The molecule has 0 atom stereocenters. The van der Waals surface area contributed by atoms with Gasteiger partial charge in [-0.15, -0.1) is 0 Å². The molecule has 0 bridgehead atoms. The van der Waals surface area contributed by atoms with Crippen LogP contribution in [-0.4, -0.2) is 19.4 Å². The van der Waals surface area contributed by atoms with Gasteiger partial charge in [0, 0.05) is 33.2 Å². The fraction of sp³-hybridized carbons (Fsp3) is 0. The molecule has 0 saturated carbocycles. The van der Waals surface area contributed by atoms with Crippen molar-refractivity contribution in [3.63, 3.8) is 0 Å². The van der Waals surface area contributed by atoms with E-state index in [9.17, 15) is 0 Å². The number of para-hydroxylation sites is 3. The van der Waals surface area contributed by atoms with Crippen LogP contribution in [-0.2, 0) is 0 Å². The van der Waals surface area contributed by atoms with Crippen LogP contribution in [0, 0.1) is 0 Å². The van der Waals surface area contributed by atoms with E-state index in [1.807, 2.05) is 12.3 Å². The number of aromatic nitrogens is 4. The molecule has 55 heavy (non-hydrogen) atoms. The van der Waals surface area contributed by atoms with E-state index in [1.54, 1.807) is 0 Å². The maximum atomic E-state index is 5.49. The number of fused-ring (bicyclic) bond motifs is 8. The Morgan fingerprint density at radius 2 is 0.891 bits per heavy atom. The normalized spacial score (nSPS) is 11.6. The van der Waals surface area contributed by atoms with Gasteiger partial charge in [-0.1, -0.05) is 164 Å². The summed E-state index contributed by atoms with van der Waals surface area (Å²) in [6, 6.07) is 66.3. The van der Waals surface area contributed by atoms with Crippen molar-refractivity contribution in [1.82, 2.24) is 19.4 Å². The summed E-state index contributed by atoms with van der Waals surface area (Å²) in [5.74, 6) is 0.700. The predicted octanol–water partition coefficient (Wildman–Crippen LogP) is 13.1. The number of rotatable bonds is 5. The molecule has 11 aromatic rings. The van der Waals surface area contributed by atoms with Gasteiger partial charge >= 0.3 is 0 Å². The summed E-state index contributed by atoms with van der Waals surface area (Å²) in [4.78, 5) is 15.9. The van der Waals surface area contributed by atoms with Gasteiger partial charge in [-0.25, -0.2) is 9.97 Å². The molecule has 8 aromatic carbocycles. The molecule has 0 radical (unpaired) electrons. The van der Waals surface area contributed by atoms with E-state index in [-0.39, 0.29) is 0 Å². The summed E-state index contributed by atoms with van der Waals surface area (Å²) >= 11 is 0. The van der Waals surface area contributed by atoms with Crippen LogP contribution < -0.4 is 0 Å². The highest BCUT2D eigenvalue weighted by molar-refractivity contribution is 6.13. The highest BCUT2D eigenvalue weighted by atomic mass is 14.9. The Morgan fingerprint density at radius 3 is 1.58 bits per heavy atom. The lowest BCUT2D eigenvalue weighted by molar-refractivity contribution is 1.19. The van der Waals surface area contributed by atoms with E-state index < -0.39 is 0 Å². The van der Waals surface area contributed by atoms with Crippen molar-refractivity contribution in [2.45, 2.75) is 0 Å². The third kappa shape index (κ3) is 5.03. The minimum absolute atomic E-state index is 0.700. The molecule has 256 valence electrons. The van der Waals surface area contributed by atoms with Crippen LogP contribution in [0.25, 0.3) is 105 Å². The molecule has 0 unspecified atom stereocenters. The summed E-state index contributed by atoms with van der Waals surface area (Å²) in [6.07, 6.45) is 2.01. The number of benzene rings is 8. The first-order valence-corrected chi connectivity index (χ1v) is 18.6. The van der Waals surface area contributed by atoms with Gasteiger partial charge in [0.05, 0.1) is 39.7 Å². The van der Waals surface area contributed by atoms with Crippen LogP contribution in [0.2, 0.25) is 0 Å². The highest BCUT2D eigenvalue weighted by Crippen LogP contribution is 2.43. The van der Waals surface area contributed by atoms with Crippen molar-refractivity contribution in [3.8, 4) is 56.2 Å². The first-order chi connectivity index (χ1) is 27.3. The lowest BCUT2D eigenvalue weighted by Gasteiger charge is -2.18. The molecule has 4 heteroatoms. The van der Waals surface area contributed by atoms with Crippen LogP contribution >= 0.6 is 0 Å². The largest absolute Gasteiger partial charge is 0.306 e. The summed E-state index contributed by atoms with van der Waals surface area (Å²) in [5, 5.41) is 5.90. The van der Waals surface area contributed by atoms with Crippen LogP contribution in [0.3, 0.4) is 0 Å². The monoisotopic (exact) mass is 700 g/mol. The lowest BCUT2D eigenvalue weighted by atomic mass is 9.92. The summed E-state index contributed by atoms with van der Waals surface area (Å²) in [6.45, 7) is 0. The topological polar surface area (TPSA) is 43.1 Å². The van der Waals surface area contributed by atoms with Crippen molar-refractivity contribution in [2.24, 2.45) is 0 Å². The van der Waals surface area contributed by atoms with Gasteiger partial charge in [0.2, 0.25) is 0 Å². The van der Waals surface area contributed by atoms with Gasteiger partial charge in [0.1, 0.15) is 0 Å². The second kappa shape index (κ2) is 12.6. The maximum absolute atomic E-state index is 5.49. The van der Waals surface area contributed by atoms with Gasteiger partial charge in [-0.2, -0.15) is 0 Å². The van der Waals surface area contributed by atoms with Crippen molar-refractivity contribution in [1.29, 1.82) is 0 Å². The minimum Gasteiger partial charge on any atom is -0.306 e. The van der Waals surface area contributed by atoms with Crippen molar-refractivity contribution >= 4 is 49.0 Å². The minimum atomic E-state index is 0.700. The average molecular weight is 701 g/mol. The van der Waals surface area contributed by atoms with Crippen molar-refractivity contribution in [3.05, 3.63) is 194 Å². The first kappa shape index (κ1) is 31.1. The van der Waals surface area contributed by atoms with Gasteiger partial charge < -0.3 is 4.40 Å². The van der Waals surface area contributed by atoms with E-state index in [2.05, 4.69) is 186 Å². The molecule has 11 rings (SSSR count). The van der Waals surface area contributed by atoms with Crippen LogP contribution in [0.15, 0.2) is 194 Å². The second-order valence-electron chi connectivity index (χ2n) is 14.0. The Hall–Kier alpha value is -7.43. The third-order valence-electron chi connectivity index (χ3n) is 10.8. The smallest absolute Gasteiger partial charge is 0.161 e. The summed E-state index contributed by atoms with van der Waals surface area (Å²) in [5.41, 5.74) is 13.5. The second-order valence-corrected chi connectivity index (χ2v) is 14.0. The molecule has 0 spiro atoms. The molecule has 0 fully saturated rings. The molecule has 0 saturated heterocycles. The quantitative estimate of drug-likeness (QED) is 0.168. The van der Waals surface area contributed by atoms with E-state index in [0.29, 0.717) is 5.82 Å². The zero-order valence-corrected chi connectivity index (χ0v) is 29.8. The van der Waals surface area contributed by atoms with E-state index in [0.717, 1.165) is 77.6 Å². The number of hydrogen-bond donors (Lipinski definition) is 0. The molecule has 0 amide bonds. The van der Waals surface area contributed by atoms with E-state index in [4.69, 9.17) is 15.0 Å².